The van der Waals surface area contributed by atoms with E-state index < -0.39 is 5.91 Å². The van der Waals surface area contributed by atoms with Gasteiger partial charge in [-0.25, -0.2) is 0 Å². The van der Waals surface area contributed by atoms with Crippen molar-refractivity contribution in [2.24, 2.45) is 0 Å². The van der Waals surface area contributed by atoms with Crippen LogP contribution in [0.25, 0.3) is 11.3 Å². The van der Waals surface area contributed by atoms with Crippen molar-refractivity contribution in [1.29, 1.82) is 5.26 Å². The van der Waals surface area contributed by atoms with Crippen molar-refractivity contribution in [3.8, 4) is 17.6 Å². The summed E-state index contributed by atoms with van der Waals surface area (Å²) in [5.74, 6) is 1.49. The molecule has 6 nitrogen and oxygen atoms in total. The van der Waals surface area contributed by atoms with E-state index in [-0.39, 0.29) is 11.7 Å². The number of hydrogen-bond donors (Lipinski definition) is 1. The Morgan fingerprint density at radius 1 is 1.26 bits per heavy atom. The van der Waals surface area contributed by atoms with Crippen molar-refractivity contribution >= 4 is 17.2 Å². The topological polar surface area (TPSA) is 80.6 Å². The number of rotatable bonds is 5. The van der Waals surface area contributed by atoms with Gasteiger partial charge in [0.1, 0.15) is 28.9 Å². The fourth-order valence-corrected chi connectivity index (χ4v) is 3.74. The van der Waals surface area contributed by atoms with Gasteiger partial charge in [0.2, 0.25) is 0 Å². The highest BCUT2D eigenvalue weighted by Gasteiger charge is 2.25. The first-order chi connectivity index (χ1) is 15.1. The molecule has 1 N–H and O–H groups in total. The highest BCUT2D eigenvalue weighted by molar-refractivity contribution is 6.09. The van der Waals surface area contributed by atoms with E-state index in [0.717, 1.165) is 35.3 Å². The van der Waals surface area contributed by atoms with Gasteiger partial charge in [0, 0.05) is 29.9 Å². The summed E-state index contributed by atoms with van der Waals surface area (Å²) in [6, 6.07) is 15.3. The number of benzene rings is 2. The Kier molecular flexibility index (Phi) is 6.06. The van der Waals surface area contributed by atoms with Crippen LogP contribution in [-0.2, 0) is 9.53 Å². The number of nitriles is 1. The van der Waals surface area contributed by atoms with Gasteiger partial charge in [0.25, 0.3) is 5.91 Å². The summed E-state index contributed by atoms with van der Waals surface area (Å²) in [7, 11) is 1.61. The Balaban J connectivity index is 1.73. The number of nitrogens with one attached hydrogen (secondary N) is 1. The molecule has 0 aliphatic carbocycles. The Hall–Kier alpha value is -3.56. The number of allylic oxidation sites excluding steroid dienone is 2. The van der Waals surface area contributed by atoms with E-state index >= 15 is 0 Å². The third kappa shape index (κ3) is 4.47. The van der Waals surface area contributed by atoms with Crippen molar-refractivity contribution in [3.05, 3.63) is 70.8 Å². The van der Waals surface area contributed by atoms with Crippen LogP contribution in [0.5, 0.6) is 11.5 Å². The molecule has 1 amide bonds. The zero-order valence-corrected chi connectivity index (χ0v) is 17.6. The summed E-state index contributed by atoms with van der Waals surface area (Å²) >= 11 is 0. The Morgan fingerprint density at radius 3 is 2.74 bits per heavy atom. The van der Waals surface area contributed by atoms with E-state index in [9.17, 15) is 10.1 Å². The first-order valence-corrected chi connectivity index (χ1v) is 10.3. The smallest absolute Gasteiger partial charge is 0.262 e. The first kappa shape index (κ1) is 20.7. The summed E-state index contributed by atoms with van der Waals surface area (Å²) in [5, 5.41) is 12.7. The Bertz CT molecular complexity index is 1090. The van der Waals surface area contributed by atoms with Crippen LogP contribution in [0.1, 0.15) is 29.5 Å². The molecule has 0 bridgehead atoms. The molecule has 2 aromatic carbocycles. The van der Waals surface area contributed by atoms with Gasteiger partial charge in [-0.2, -0.15) is 5.26 Å². The lowest BCUT2D eigenvalue weighted by atomic mass is 9.93. The monoisotopic (exact) mass is 416 g/mol. The number of carbonyl (C=O) groups excluding carboxylic acids is 1. The number of fused-ring (bicyclic) bond motifs is 1. The van der Waals surface area contributed by atoms with Crippen LogP contribution >= 0.6 is 0 Å². The molecule has 1 fully saturated rings. The van der Waals surface area contributed by atoms with Crippen LogP contribution in [0.15, 0.2) is 54.1 Å². The van der Waals surface area contributed by atoms with Crippen molar-refractivity contribution in [2.45, 2.75) is 25.9 Å². The molecule has 0 radical (unpaired) electrons. The number of carbonyl (C=O) groups is 1. The lowest BCUT2D eigenvalue weighted by molar-refractivity contribution is -0.117. The van der Waals surface area contributed by atoms with Gasteiger partial charge in [-0.15, -0.1) is 0 Å². The largest absolute Gasteiger partial charge is 0.497 e. The predicted octanol–water partition coefficient (Wildman–Crippen LogP) is 4.01. The molecule has 2 aromatic rings. The minimum atomic E-state index is -0.410. The number of aryl methyl sites for hydroxylation is 1. The average Bonchev–Trinajstić information content (AvgIpc) is 3.32. The number of hydrogen-bond acceptors (Lipinski definition) is 5. The first-order valence-electron chi connectivity index (χ1n) is 10.3. The number of methoxy groups -OCH3 is 1. The van der Waals surface area contributed by atoms with Gasteiger partial charge in [0.05, 0.1) is 13.2 Å². The van der Waals surface area contributed by atoms with Gasteiger partial charge in [-0.1, -0.05) is 11.6 Å². The molecule has 158 valence electrons. The van der Waals surface area contributed by atoms with Crippen molar-refractivity contribution < 1.29 is 19.0 Å². The van der Waals surface area contributed by atoms with E-state index in [4.69, 9.17) is 14.2 Å². The third-order valence-corrected chi connectivity index (χ3v) is 5.42. The number of ether oxygens (including phenoxy) is 3. The van der Waals surface area contributed by atoms with Crippen LogP contribution in [0, 0.1) is 18.3 Å². The molecule has 0 saturated carbocycles. The SMILES string of the molecule is COc1ccc(C2=C/C(=C(/C#N)C(=O)NCC3CCCO3)c3cc(C)ccc3O2)cc1. The molecule has 0 spiro atoms. The molecular weight excluding hydrogens is 392 g/mol. The molecule has 6 heteroatoms. The predicted molar refractivity (Wildman–Crippen MR) is 117 cm³/mol. The normalized spacial score (nSPS) is 18.9. The molecule has 2 aliphatic heterocycles. The van der Waals surface area contributed by atoms with Gasteiger partial charge >= 0.3 is 0 Å². The zero-order valence-electron chi connectivity index (χ0n) is 17.6. The quantitative estimate of drug-likeness (QED) is 0.588. The molecular formula is C25H24N2O4. The molecule has 2 aliphatic rings. The maximum atomic E-state index is 12.9. The standard InChI is InChI=1S/C25H24N2O4/c1-16-5-10-23-21(12-16)20(13-24(31-23)17-6-8-18(29-2)9-7-17)22(14-26)25(28)27-15-19-4-3-11-30-19/h5-10,12-13,19H,3-4,11,15H2,1-2H3,(H,27,28)/b22-20+. The summed E-state index contributed by atoms with van der Waals surface area (Å²) in [5.41, 5.74) is 3.16. The Labute approximate surface area is 181 Å². The second kappa shape index (κ2) is 9.07. The van der Waals surface area contributed by atoms with E-state index in [0.29, 0.717) is 30.2 Å². The minimum Gasteiger partial charge on any atom is -0.497 e. The van der Waals surface area contributed by atoms with Crippen LogP contribution < -0.4 is 14.8 Å². The molecule has 31 heavy (non-hydrogen) atoms. The molecule has 1 unspecified atom stereocenters. The van der Waals surface area contributed by atoms with Crippen molar-refractivity contribution in [3.63, 3.8) is 0 Å². The van der Waals surface area contributed by atoms with E-state index in [1.54, 1.807) is 13.2 Å². The van der Waals surface area contributed by atoms with E-state index in [2.05, 4.69) is 11.4 Å². The maximum absolute atomic E-state index is 12.9. The fraction of sp³-hybridized carbons (Fsp3) is 0.280. The number of nitrogens with zero attached hydrogens (tertiary/aromatic N) is 1. The van der Waals surface area contributed by atoms with E-state index in [1.807, 2.05) is 49.4 Å². The maximum Gasteiger partial charge on any atom is 0.262 e. The van der Waals surface area contributed by atoms with Gasteiger partial charge < -0.3 is 19.5 Å². The van der Waals surface area contributed by atoms with Crippen molar-refractivity contribution in [1.82, 2.24) is 5.32 Å². The minimum absolute atomic E-state index is 0.00325. The summed E-state index contributed by atoms with van der Waals surface area (Å²) in [6.07, 6.45) is 3.66. The lowest BCUT2D eigenvalue weighted by Gasteiger charge is -2.22. The van der Waals surface area contributed by atoms with Gasteiger partial charge in [-0.3, -0.25) is 4.79 Å². The highest BCUT2D eigenvalue weighted by Crippen LogP contribution is 2.39. The summed E-state index contributed by atoms with van der Waals surface area (Å²) < 4.78 is 16.9. The molecule has 1 saturated heterocycles. The molecule has 2 heterocycles. The molecule has 0 aromatic heterocycles. The molecule has 4 rings (SSSR count). The van der Waals surface area contributed by atoms with Crippen molar-refractivity contribution in [2.75, 3.05) is 20.3 Å². The second-order valence-corrected chi connectivity index (χ2v) is 7.58. The lowest BCUT2D eigenvalue weighted by Crippen LogP contribution is -2.33. The molecule has 1 atom stereocenters. The summed E-state index contributed by atoms with van der Waals surface area (Å²) in [6.45, 7) is 3.07. The zero-order chi connectivity index (χ0) is 21.8. The summed E-state index contributed by atoms with van der Waals surface area (Å²) in [4.78, 5) is 12.9. The highest BCUT2D eigenvalue weighted by atomic mass is 16.5. The van der Waals surface area contributed by atoms with Crippen LogP contribution in [0.3, 0.4) is 0 Å². The van der Waals surface area contributed by atoms with Gasteiger partial charge in [0.15, 0.2) is 0 Å². The Morgan fingerprint density at radius 2 is 2.06 bits per heavy atom. The third-order valence-electron chi connectivity index (χ3n) is 5.42. The van der Waals surface area contributed by atoms with Crippen LogP contribution in [-0.4, -0.2) is 32.3 Å². The van der Waals surface area contributed by atoms with Gasteiger partial charge in [-0.05, 0) is 62.2 Å². The van der Waals surface area contributed by atoms with E-state index in [1.165, 1.54) is 0 Å². The van der Waals surface area contributed by atoms with Crippen LogP contribution in [0.4, 0.5) is 0 Å². The van der Waals surface area contributed by atoms with Crippen LogP contribution in [0.2, 0.25) is 0 Å². The number of amides is 1. The second-order valence-electron chi connectivity index (χ2n) is 7.58. The average molecular weight is 416 g/mol. The fourth-order valence-electron chi connectivity index (χ4n) is 3.74.